The van der Waals surface area contributed by atoms with E-state index in [9.17, 15) is 13.2 Å². The zero-order chi connectivity index (χ0) is 17.2. The van der Waals surface area contributed by atoms with Crippen LogP contribution in [-0.4, -0.2) is 24.1 Å². The average molecular weight is 342 g/mol. The lowest BCUT2D eigenvalue weighted by Gasteiger charge is -2.08. The minimum absolute atomic E-state index is 0.0643. The highest BCUT2D eigenvalue weighted by Gasteiger charge is 2.11. The van der Waals surface area contributed by atoms with Crippen LogP contribution in [0.1, 0.15) is 10.4 Å². The highest BCUT2D eigenvalue weighted by atomic mass is 32.2. The predicted molar refractivity (Wildman–Crippen MR) is 89.3 cm³/mol. The zero-order valence-electron chi connectivity index (χ0n) is 12.5. The highest BCUT2D eigenvalue weighted by molar-refractivity contribution is 7.89. The predicted octanol–water partition coefficient (Wildman–Crippen LogP) is 1.77. The molecule has 122 valence electrons. The van der Waals surface area contributed by atoms with Crippen molar-refractivity contribution in [1.29, 1.82) is 0 Å². The second-order valence-corrected chi connectivity index (χ2v) is 6.59. The molecule has 3 N–H and O–H groups in total. The lowest BCUT2D eigenvalue weighted by atomic mass is 10.2. The van der Waals surface area contributed by atoms with Gasteiger partial charge in [-0.2, -0.15) is 5.10 Å². The van der Waals surface area contributed by atoms with Crippen molar-refractivity contribution in [3.63, 3.8) is 0 Å². The molecule has 1 amide bonds. The summed E-state index contributed by atoms with van der Waals surface area (Å²) in [4.78, 5) is 12.3. The number of aromatic nitrogens is 2. The number of rotatable bonds is 4. The van der Waals surface area contributed by atoms with Gasteiger partial charge in [0, 0.05) is 23.6 Å². The second kappa shape index (κ2) is 6.26. The van der Waals surface area contributed by atoms with Gasteiger partial charge in [-0.15, -0.1) is 0 Å². The molecule has 1 aromatic heterocycles. The number of benzene rings is 2. The van der Waals surface area contributed by atoms with Gasteiger partial charge in [0.05, 0.1) is 10.6 Å². The van der Waals surface area contributed by atoms with Gasteiger partial charge in [-0.05, 0) is 42.5 Å². The van der Waals surface area contributed by atoms with Crippen molar-refractivity contribution >= 4 is 21.6 Å². The van der Waals surface area contributed by atoms with Crippen LogP contribution in [0.25, 0.3) is 5.69 Å². The quantitative estimate of drug-likeness (QED) is 0.753. The van der Waals surface area contributed by atoms with Crippen molar-refractivity contribution in [1.82, 2.24) is 9.78 Å². The largest absolute Gasteiger partial charge is 0.322 e. The van der Waals surface area contributed by atoms with Crippen LogP contribution in [0.15, 0.2) is 71.9 Å². The van der Waals surface area contributed by atoms with E-state index in [0.29, 0.717) is 11.3 Å². The maximum Gasteiger partial charge on any atom is 0.255 e. The number of anilines is 1. The van der Waals surface area contributed by atoms with Gasteiger partial charge in [0.2, 0.25) is 10.0 Å². The molecule has 8 heteroatoms. The fourth-order valence-corrected chi connectivity index (χ4v) is 2.72. The molecule has 0 saturated heterocycles. The summed E-state index contributed by atoms with van der Waals surface area (Å²) < 4.78 is 24.4. The second-order valence-electron chi connectivity index (χ2n) is 5.03. The van der Waals surface area contributed by atoms with E-state index >= 15 is 0 Å². The summed E-state index contributed by atoms with van der Waals surface area (Å²) in [6.07, 6.45) is 3.41. The molecule has 0 fully saturated rings. The van der Waals surface area contributed by atoms with Crippen molar-refractivity contribution in [2.45, 2.75) is 4.90 Å². The van der Waals surface area contributed by atoms with Crippen LogP contribution >= 0.6 is 0 Å². The number of hydrogen-bond acceptors (Lipinski definition) is 4. The third-order valence-electron chi connectivity index (χ3n) is 3.30. The summed E-state index contributed by atoms with van der Waals surface area (Å²) in [7, 11) is -3.82. The number of hydrogen-bond donors (Lipinski definition) is 2. The molecule has 0 aliphatic carbocycles. The highest BCUT2D eigenvalue weighted by Crippen LogP contribution is 2.16. The Balaban J connectivity index is 1.85. The standard InChI is InChI=1S/C16H14N4O3S/c17-24(22,23)15-7-2-5-13(11-15)19-16(21)12-4-1-6-14(10-12)20-9-3-8-18-20/h1-11H,(H,19,21)(H2,17,22,23). The Bertz CT molecular complexity index is 982. The number of amides is 1. The summed E-state index contributed by atoms with van der Waals surface area (Å²) in [5.41, 5.74) is 1.51. The number of nitrogens with zero attached hydrogens (tertiary/aromatic N) is 2. The van der Waals surface area contributed by atoms with E-state index in [1.165, 1.54) is 18.2 Å². The number of carbonyl (C=O) groups is 1. The average Bonchev–Trinajstić information content (AvgIpc) is 3.09. The zero-order valence-corrected chi connectivity index (χ0v) is 13.3. The molecule has 0 radical (unpaired) electrons. The third-order valence-corrected chi connectivity index (χ3v) is 4.21. The number of nitrogens with two attached hydrogens (primary N) is 1. The Hall–Kier alpha value is -2.97. The van der Waals surface area contributed by atoms with E-state index in [2.05, 4.69) is 10.4 Å². The van der Waals surface area contributed by atoms with Gasteiger partial charge in [-0.25, -0.2) is 18.2 Å². The van der Waals surface area contributed by atoms with E-state index in [1.807, 2.05) is 6.07 Å². The Morgan fingerprint density at radius 2 is 1.88 bits per heavy atom. The van der Waals surface area contributed by atoms with Crippen molar-refractivity contribution in [2.24, 2.45) is 5.14 Å². The van der Waals surface area contributed by atoms with E-state index in [4.69, 9.17) is 5.14 Å². The van der Waals surface area contributed by atoms with E-state index < -0.39 is 10.0 Å². The van der Waals surface area contributed by atoms with Gasteiger partial charge in [-0.3, -0.25) is 4.79 Å². The molecule has 7 nitrogen and oxygen atoms in total. The Morgan fingerprint density at radius 3 is 2.58 bits per heavy atom. The smallest absolute Gasteiger partial charge is 0.255 e. The fraction of sp³-hybridized carbons (Fsp3) is 0. The Labute approximate surface area is 138 Å². The van der Waals surface area contributed by atoms with Gasteiger partial charge < -0.3 is 5.32 Å². The first-order valence-electron chi connectivity index (χ1n) is 6.98. The molecule has 0 saturated carbocycles. The van der Waals surface area contributed by atoms with Crippen molar-refractivity contribution in [2.75, 3.05) is 5.32 Å². The Kier molecular flexibility index (Phi) is 4.15. The van der Waals surface area contributed by atoms with Gasteiger partial charge in [0.15, 0.2) is 0 Å². The van der Waals surface area contributed by atoms with Crippen molar-refractivity contribution < 1.29 is 13.2 Å². The maximum atomic E-state index is 12.4. The van der Waals surface area contributed by atoms with Gasteiger partial charge in [0.25, 0.3) is 5.91 Å². The third kappa shape index (κ3) is 3.50. The number of carbonyl (C=O) groups excluding carboxylic acids is 1. The topological polar surface area (TPSA) is 107 Å². The first kappa shape index (κ1) is 15.9. The van der Waals surface area contributed by atoms with Crippen LogP contribution in [0.3, 0.4) is 0 Å². The normalized spacial score (nSPS) is 11.2. The van der Waals surface area contributed by atoms with E-state index in [0.717, 1.165) is 5.69 Å². The van der Waals surface area contributed by atoms with Gasteiger partial charge in [0.1, 0.15) is 0 Å². The molecule has 0 bridgehead atoms. The number of nitrogens with one attached hydrogen (secondary N) is 1. The molecule has 0 unspecified atom stereocenters. The lowest BCUT2D eigenvalue weighted by molar-refractivity contribution is 0.102. The van der Waals surface area contributed by atoms with Gasteiger partial charge in [-0.1, -0.05) is 12.1 Å². The molecule has 1 heterocycles. The summed E-state index contributed by atoms with van der Waals surface area (Å²) >= 11 is 0. The summed E-state index contributed by atoms with van der Waals surface area (Å²) in [5, 5.41) is 11.9. The van der Waals surface area contributed by atoms with E-state index in [1.54, 1.807) is 47.4 Å². The van der Waals surface area contributed by atoms with Crippen LogP contribution in [-0.2, 0) is 10.0 Å². The molecule has 3 rings (SSSR count). The molecular formula is C16H14N4O3S. The fourth-order valence-electron chi connectivity index (χ4n) is 2.17. The Morgan fingerprint density at radius 1 is 1.08 bits per heavy atom. The molecule has 0 atom stereocenters. The van der Waals surface area contributed by atoms with Crippen LogP contribution in [0.2, 0.25) is 0 Å². The first-order chi connectivity index (χ1) is 11.4. The van der Waals surface area contributed by atoms with Crippen LogP contribution < -0.4 is 10.5 Å². The van der Waals surface area contributed by atoms with E-state index in [-0.39, 0.29) is 10.8 Å². The molecule has 0 aliphatic heterocycles. The molecule has 0 aliphatic rings. The minimum atomic E-state index is -3.82. The molecule has 3 aromatic rings. The number of primary sulfonamides is 1. The summed E-state index contributed by atoms with van der Waals surface area (Å²) in [5.74, 6) is -0.365. The lowest BCUT2D eigenvalue weighted by Crippen LogP contribution is -2.15. The molecule has 2 aromatic carbocycles. The summed E-state index contributed by atoms with van der Waals surface area (Å²) in [6.45, 7) is 0. The monoisotopic (exact) mass is 342 g/mol. The van der Waals surface area contributed by atoms with Crippen LogP contribution in [0, 0.1) is 0 Å². The molecule has 0 spiro atoms. The first-order valence-corrected chi connectivity index (χ1v) is 8.52. The van der Waals surface area contributed by atoms with Crippen molar-refractivity contribution in [3.8, 4) is 5.69 Å². The number of sulfonamides is 1. The van der Waals surface area contributed by atoms with Gasteiger partial charge >= 0.3 is 0 Å². The van der Waals surface area contributed by atoms with Crippen LogP contribution in [0.5, 0.6) is 0 Å². The van der Waals surface area contributed by atoms with Crippen LogP contribution in [0.4, 0.5) is 5.69 Å². The maximum absolute atomic E-state index is 12.4. The SMILES string of the molecule is NS(=O)(=O)c1cccc(NC(=O)c2cccc(-n3cccn3)c2)c1. The minimum Gasteiger partial charge on any atom is -0.322 e. The van der Waals surface area contributed by atoms with Crippen molar-refractivity contribution in [3.05, 3.63) is 72.6 Å². The molecular weight excluding hydrogens is 328 g/mol. The summed E-state index contributed by atoms with van der Waals surface area (Å²) in [6, 6.07) is 14.5. The molecule has 24 heavy (non-hydrogen) atoms.